The summed E-state index contributed by atoms with van der Waals surface area (Å²) in [4.78, 5) is 13.1. The van der Waals surface area contributed by atoms with Gasteiger partial charge in [0.05, 0.1) is 18.7 Å². The molecule has 1 atom stereocenters. The van der Waals surface area contributed by atoms with E-state index >= 15 is 0 Å². The SMILES string of the molecule is O=C(Cc1ccccc1F)Nc1cc(-c2ccccc2-c2nn[nH]n2)cc2c1OCCCC2C1CC1. The van der Waals surface area contributed by atoms with Gasteiger partial charge in [0.25, 0.3) is 0 Å². The predicted molar refractivity (Wildman–Crippen MR) is 134 cm³/mol. The fourth-order valence-corrected chi connectivity index (χ4v) is 5.17. The molecule has 182 valence electrons. The molecule has 7 nitrogen and oxygen atoms in total. The smallest absolute Gasteiger partial charge is 0.229 e. The van der Waals surface area contributed by atoms with E-state index in [1.807, 2.05) is 30.3 Å². The Bertz CT molecular complexity index is 1400. The van der Waals surface area contributed by atoms with Gasteiger partial charge in [0.15, 0.2) is 0 Å². The second kappa shape index (κ2) is 9.53. The molecule has 0 spiro atoms. The highest BCUT2D eigenvalue weighted by Gasteiger charge is 2.36. The fourth-order valence-electron chi connectivity index (χ4n) is 5.17. The van der Waals surface area contributed by atoms with E-state index in [4.69, 9.17) is 4.74 Å². The number of fused-ring (bicyclic) bond motifs is 1. The topological polar surface area (TPSA) is 92.8 Å². The Labute approximate surface area is 208 Å². The van der Waals surface area contributed by atoms with Crippen LogP contribution >= 0.6 is 0 Å². The summed E-state index contributed by atoms with van der Waals surface area (Å²) >= 11 is 0. The van der Waals surface area contributed by atoms with Crippen LogP contribution in [0.4, 0.5) is 10.1 Å². The maximum atomic E-state index is 14.2. The van der Waals surface area contributed by atoms with Gasteiger partial charge in [-0.3, -0.25) is 4.79 Å². The lowest BCUT2D eigenvalue weighted by molar-refractivity contribution is -0.115. The van der Waals surface area contributed by atoms with Crippen molar-refractivity contribution < 1.29 is 13.9 Å². The number of hydrogen-bond acceptors (Lipinski definition) is 5. The van der Waals surface area contributed by atoms with E-state index in [-0.39, 0.29) is 18.1 Å². The van der Waals surface area contributed by atoms with Crippen LogP contribution in [0.2, 0.25) is 0 Å². The molecule has 4 aromatic rings. The van der Waals surface area contributed by atoms with Gasteiger partial charge in [-0.05, 0) is 77.6 Å². The van der Waals surface area contributed by atoms with Crippen molar-refractivity contribution in [1.82, 2.24) is 20.6 Å². The van der Waals surface area contributed by atoms with Crippen molar-refractivity contribution in [3.05, 3.63) is 77.6 Å². The Morgan fingerprint density at radius 1 is 1.06 bits per heavy atom. The summed E-state index contributed by atoms with van der Waals surface area (Å²) in [5, 5.41) is 17.6. The number of nitrogens with zero attached hydrogens (tertiary/aromatic N) is 3. The summed E-state index contributed by atoms with van der Waals surface area (Å²) < 4.78 is 20.4. The maximum absolute atomic E-state index is 14.2. The molecule has 1 aromatic heterocycles. The lowest BCUT2D eigenvalue weighted by atomic mass is 9.86. The molecule has 0 bridgehead atoms. The van der Waals surface area contributed by atoms with Crippen LogP contribution in [0.1, 0.15) is 42.7 Å². The van der Waals surface area contributed by atoms with E-state index in [0.29, 0.717) is 35.5 Å². The Kier molecular flexibility index (Phi) is 5.93. The first-order valence-corrected chi connectivity index (χ1v) is 12.3. The zero-order valence-corrected chi connectivity index (χ0v) is 19.7. The van der Waals surface area contributed by atoms with Gasteiger partial charge in [0.1, 0.15) is 11.6 Å². The van der Waals surface area contributed by atoms with Crippen LogP contribution in [-0.4, -0.2) is 33.1 Å². The number of anilines is 1. The van der Waals surface area contributed by atoms with Crippen molar-refractivity contribution in [3.8, 4) is 28.3 Å². The monoisotopic (exact) mass is 483 g/mol. The van der Waals surface area contributed by atoms with Gasteiger partial charge < -0.3 is 10.1 Å². The number of ether oxygens (including phenoxy) is 1. The Hall–Kier alpha value is -4.07. The third-order valence-electron chi connectivity index (χ3n) is 7.02. The zero-order chi connectivity index (χ0) is 24.5. The molecule has 1 aliphatic heterocycles. The van der Waals surface area contributed by atoms with E-state index < -0.39 is 0 Å². The Morgan fingerprint density at radius 3 is 2.64 bits per heavy atom. The number of aromatic nitrogens is 4. The van der Waals surface area contributed by atoms with Gasteiger partial charge in [-0.25, -0.2) is 4.39 Å². The summed E-state index contributed by atoms with van der Waals surface area (Å²) in [5.41, 5.74) is 4.80. The van der Waals surface area contributed by atoms with Crippen molar-refractivity contribution in [3.63, 3.8) is 0 Å². The zero-order valence-electron chi connectivity index (χ0n) is 19.7. The van der Waals surface area contributed by atoms with Gasteiger partial charge in [-0.1, -0.05) is 42.5 Å². The third-order valence-corrected chi connectivity index (χ3v) is 7.02. The largest absolute Gasteiger partial charge is 0.491 e. The number of amides is 1. The molecule has 8 heteroatoms. The molecule has 36 heavy (non-hydrogen) atoms. The van der Waals surface area contributed by atoms with Crippen LogP contribution < -0.4 is 10.1 Å². The predicted octanol–water partition coefficient (Wildman–Crippen LogP) is 5.52. The maximum Gasteiger partial charge on any atom is 0.229 e. The number of nitrogens with one attached hydrogen (secondary N) is 2. The van der Waals surface area contributed by atoms with E-state index in [1.165, 1.54) is 18.9 Å². The highest BCUT2D eigenvalue weighted by Crippen LogP contribution is 2.51. The minimum atomic E-state index is -0.390. The standard InChI is InChI=1S/C28H26FN5O2/c29-24-10-4-1-6-18(24)16-26(35)30-25-15-19(21-7-2-3-8-22(21)28-31-33-34-32-28)14-23-20(17-11-12-17)9-5-13-36-27(23)25/h1-4,6-8,10,14-15,17,20H,5,9,11-13,16H2,(H,30,35)(H,31,32,33,34). The molecule has 2 N–H and O–H groups in total. The number of halogens is 1. The van der Waals surface area contributed by atoms with Crippen molar-refractivity contribution in [2.24, 2.45) is 5.92 Å². The first-order valence-electron chi connectivity index (χ1n) is 12.3. The van der Waals surface area contributed by atoms with Crippen molar-refractivity contribution >= 4 is 11.6 Å². The Balaban J connectivity index is 1.44. The van der Waals surface area contributed by atoms with E-state index in [0.717, 1.165) is 40.8 Å². The average Bonchev–Trinajstić information content (AvgIpc) is 3.62. The molecule has 3 aromatic carbocycles. The number of benzene rings is 3. The summed E-state index contributed by atoms with van der Waals surface area (Å²) in [7, 11) is 0. The van der Waals surface area contributed by atoms with E-state index in [9.17, 15) is 9.18 Å². The van der Waals surface area contributed by atoms with Crippen LogP contribution in [0.3, 0.4) is 0 Å². The van der Waals surface area contributed by atoms with Crippen molar-refractivity contribution in [2.75, 3.05) is 11.9 Å². The first kappa shape index (κ1) is 22.4. The average molecular weight is 484 g/mol. The first-order chi connectivity index (χ1) is 17.7. The number of hydrogen-bond donors (Lipinski definition) is 2. The van der Waals surface area contributed by atoms with Gasteiger partial charge in [-0.15, -0.1) is 10.2 Å². The van der Waals surface area contributed by atoms with Gasteiger partial charge >= 0.3 is 0 Å². The molecule has 2 heterocycles. The highest BCUT2D eigenvalue weighted by molar-refractivity contribution is 5.96. The number of H-pyrrole nitrogens is 1. The van der Waals surface area contributed by atoms with Crippen LogP contribution in [-0.2, 0) is 11.2 Å². The fraction of sp³-hybridized carbons (Fsp3) is 0.286. The normalized spacial score (nSPS) is 17.1. The molecule has 2 aliphatic rings. The van der Waals surface area contributed by atoms with Crippen LogP contribution in [0.5, 0.6) is 5.75 Å². The summed E-state index contributed by atoms with van der Waals surface area (Å²) in [6, 6.07) is 18.4. The molecule has 1 amide bonds. The number of rotatable bonds is 6. The second-order valence-electron chi connectivity index (χ2n) is 9.47. The summed E-state index contributed by atoms with van der Waals surface area (Å²) in [5.74, 6) is 1.56. The lowest BCUT2D eigenvalue weighted by Gasteiger charge is -2.21. The molecular formula is C28H26FN5O2. The van der Waals surface area contributed by atoms with E-state index in [2.05, 4.69) is 32.0 Å². The van der Waals surface area contributed by atoms with Gasteiger partial charge in [-0.2, -0.15) is 5.21 Å². The molecule has 0 radical (unpaired) electrons. The van der Waals surface area contributed by atoms with Crippen LogP contribution in [0.15, 0.2) is 60.7 Å². The molecule has 0 saturated heterocycles. The minimum Gasteiger partial charge on any atom is -0.491 e. The van der Waals surface area contributed by atoms with Gasteiger partial charge in [0, 0.05) is 11.1 Å². The summed E-state index contributed by atoms with van der Waals surface area (Å²) in [6.07, 6.45) is 4.38. The minimum absolute atomic E-state index is 0.0584. The molecule has 1 aliphatic carbocycles. The number of aromatic amines is 1. The molecular weight excluding hydrogens is 457 g/mol. The van der Waals surface area contributed by atoms with Crippen molar-refractivity contribution in [2.45, 2.75) is 38.0 Å². The lowest BCUT2D eigenvalue weighted by Crippen LogP contribution is -2.17. The summed E-state index contributed by atoms with van der Waals surface area (Å²) in [6.45, 7) is 0.602. The number of carbonyl (C=O) groups is 1. The molecule has 1 fully saturated rings. The number of carbonyl (C=O) groups excluding carboxylic acids is 1. The molecule has 6 rings (SSSR count). The Morgan fingerprint density at radius 2 is 1.86 bits per heavy atom. The van der Waals surface area contributed by atoms with Crippen molar-refractivity contribution in [1.29, 1.82) is 0 Å². The van der Waals surface area contributed by atoms with Gasteiger partial charge in [0.2, 0.25) is 11.7 Å². The number of tetrazole rings is 1. The van der Waals surface area contributed by atoms with Crippen LogP contribution in [0.25, 0.3) is 22.5 Å². The highest BCUT2D eigenvalue weighted by atomic mass is 19.1. The quantitative estimate of drug-likeness (QED) is 0.377. The van der Waals surface area contributed by atoms with E-state index in [1.54, 1.807) is 18.2 Å². The molecule has 1 saturated carbocycles. The second-order valence-corrected chi connectivity index (χ2v) is 9.47. The third kappa shape index (κ3) is 4.46. The molecule has 1 unspecified atom stereocenters. The van der Waals surface area contributed by atoms with Crippen LogP contribution in [0, 0.1) is 11.7 Å².